The zero-order chi connectivity index (χ0) is 17.8. The molecule has 1 aromatic carbocycles. The highest BCUT2D eigenvalue weighted by atomic mass is 16.5. The fourth-order valence-electron chi connectivity index (χ4n) is 3.62. The van der Waals surface area contributed by atoms with Crippen molar-refractivity contribution < 1.29 is 14.3 Å². The van der Waals surface area contributed by atoms with Crippen molar-refractivity contribution in [2.45, 2.75) is 18.9 Å². The highest BCUT2D eigenvalue weighted by Crippen LogP contribution is 2.29. The van der Waals surface area contributed by atoms with Crippen LogP contribution >= 0.6 is 0 Å². The first-order valence-electron chi connectivity index (χ1n) is 8.95. The highest BCUT2D eigenvalue weighted by Gasteiger charge is 2.41. The van der Waals surface area contributed by atoms with Crippen LogP contribution in [0.5, 0.6) is 5.75 Å². The van der Waals surface area contributed by atoms with Gasteiger partial charge in [0.1, 0.15) is 18.9 Å². The Morgan fingerprint density at radius 1 is 1.20 bits per heavy atom. The van der Waals surface area contributed by atoms with Crippen LogP contribution in [0.3, 0.4) is 0 Å². The summed E-state index contributed by atoms with van der Waals surface area (Å²) in [4.78, 5) is 30.4. The molecular formula is C19H27N3O3. The Hall–Kier alpha value is -2.08. The standard InChI is InChI=1S/C19H27N3O3/c1-20(2)18(23)14-22-16-9-8-15(19(22)24)12-21(13-16)10-11-25-17-6-4-3-5-7-17/h3-7,15-16H,8-14H2,1-2H3/t15-,16+/m1/s1. The second kappa shape index (κ2) is 7.87. The van der Waals surface area contributed by atoms with E-state index in [-0.39, 0.29) is 30.3 Å². The molecule has 0 saturated carbocycles. The first-order chi connectivity index (χ1) is 12.0. The number of benzene rings is 1. The minimum Gasteiger partial charge on any atom is -0.492 e. The van der Waals surface area contributed by atoms with Gasteiger partial charge in [-0.25, -0.2) is 0 Å². The molecule has 6 heteroatoms. The molecule has 0 aliphatic carbocycles. The minimum atomic E-state index is -0.0140. The van der Waals surface area contributed by atoms with Gasteiger partial charge in [0.05, 0.1) is 5.92 Å². The van der Waals surface area contributed by atoms with Crippen LogP contribution in [-0.4, -0.2) is 79.4 Å². The number of nitrogens with zero attached hydrogens (tertiary/aromatic N) is 3. The SMILES string of the molecule is CN(C)C(=O)CN1C(=O)[C@@H]2CC[C@H]1CN(CCOc1ccccc1)C2. The number of hydrogen-bond donors (Lipinski definition) is 0. The Morgan fingerprint density at radius 2 is 1.96 bits per heavy atom. The molecule has 0 spiro atoms. The van der Waals surface area contributed by atoms with Gasteiger partial charge in [-0.3, -0.25) is 14.5 Å². The van der Waals surface area contributed by atoms with Gasteiger partial charge >= 0.3 is 0 Å². The summed E-state index contributed by atoms with van der Waals surface area (Å²) in [6.45, 7) is 3.18. The van der Waals surface area contributed by atoms with Crippen molar-refractivity contribution in [2.24, 2.45) is 5.92 Å². The van der Waals surface area contributed by atoms with Gasteiger partial charge in [0.25, 0.3) is 0 Å². The van der Waals surface area contributed by atoms with Gasteiger partial charge in [-0.15, -0.1) is 0 Å². The summed E-state index contributed by atoms with van der Waals surface area (Å²) in [6.07, 6.45) is 1.90. The maximum atomic E-state index is 12.7. The van der Waals surface area contributed by atoms with Gasteiger partial charge in [0, 0.05) is 39.8 Å². The Morgan fingerprint density at radius 3 is 2.68 bits per heavy atom. The molecule has 3 fully saturated rings. The molecule has 4 rings (SSSR count). The number of carbonyl (C=O) groups excluding carboxylic acids is 2. The van der Waals surface area contributed by atoms with Crippen molar-refractivity contribution in [1.82, 2.24) is 14.7 Å². The van der Waals surface area contributed by atoms with Crippen LogP contribution in [0.4, 0.5) is 0 Å². The molecule has 0 radical (unpaired) electrons. The summed E-state index contributed by atoms with van der Waals surface area (Å²) in [5.41, 5.74) is 0. The van der Waals surface area contributed by atoms with Crippen molar-refractivity contribution in [3.8, 4) is 5.75 Å². The van der Waals surface area contributed by atoms with Crippen LogP contribution in [0.15, 0.2) is 30.3 Å². The van der Waals surface area contributed by atoms with Gasteiger partial charge in [0.15, 0.2) is 0 Å². The number of para-hydroxylation sites is 1. The number of hydrogen-bond acceptors (Lipinski definition) is 4. The monoisotopic (exact) mass is 345 g/mol. The maximum Gasteiger partial charge on any atom is 0.241 e. The second-order valence-corrected chi connectivity index (χ2v) is 7.10. The first kappa shape index (κ1) is 17.7. The van der Waals surface area contributed by atoms with Crippen molar-refractivity contribution in [1.29, 1.82) is 0 Å². The molecule has 1 aromatic rings. The largest absolute Gasteiger partial charge is 0.492 e. The Kier molecular flexibility index (Phi) is 5.58. The molecule has 2 atom stereocenters. The third-order valence-corrected chi connectivity index (χ3v) is 5.09. The van der Waals surface area contributed by atoms with E-state index in [0.29, 0.717) is 6.61 Å². The van der Waals surface area contributed by atoms with E-state index < -0.39 is 0 Å². The lowest BCUT2D eigenvalue weighted by molar-refractivity contribution is -0.145. The van der Waals surface area contributed by atoms with Crippen molar-refractivity contribution in [3.63, 3.8) is 0 Å². The van der Waals surface area contributed by atoms with E-state index in [1.807, 2.05) is 30.3 Å². The van der Waals surface area contributed by atoms with Crippen molar-refractivity contribution in [2.75, 3.05) is 46.9 Å². The summed E-state index contributed by atoms with van der Waals surface area (Å²) < 4.78 is 5.79. The van der Waals surface area contributed by atoms with Gasteiger partial charge in [-0.05, 0) is 25.0 Å². The molecule has 3 saturated heterocycles. The Balaban J connectivity index is 1.57. The summed E-state index contributed by atoms with van der Waals surface area (Å²) in [5, 5.41) is 0. The Labute approximate surface area is 149 Å². The van der Waals surface area contributed by atoms with Crippen LogP contribution in [0.25, 0.3) is 0 Å². The highest BCUT2D eigenvalue weighted by molar-refractivity contribution is 5.86. The van der Waals surface area contributed by atoms with E-state index >= 15 is 0 Å². The molecule has 6 nitrogen and oxygen atoms in total. The van der Waals surface area contributed by atoms with Gasteiger partial charge in [-0.1, -0.05) is 18.2 Å². The predicted octanol–water partition coefficient (Wildman–Crippen LogP) is 1.08. The maximum absolute atomic E-state index is 12.7. The number of piperidine rings is 1. The summed E-state index contributed by atoms with van der Waals surface area (Å²) in [7, 11) is 3.46. The zero-order valence-corrected chi connectivity index (χ0v) is 15.1. The molecule has 3 aliphatic rings. The number of ether oxygens (including phenoxy) is 1. The average molecular weight is 345 g/mol. The molecule has 2 bridgehead atoms. The average Bonchev–Trinajstić information content (AvgIpc) is 2.88. The van der Waals surface area contributed by atoms with Gasteiger partial charge in [-0.2, -0.15) is 0 Å². The quantitative estimate of drug-likeness (QED) is 0.774. The third-order valence-electron chi connectivity index (χ3n) is 5.09. The normalized spacial score (nSPS) is 23.4. The van der Waals surface area contributed by atoms with Crippen LogP contribution in [0.2, 0.25) is 0 Å². The fraction of sp³-hybridized carbons (Fsp3) is 0.579. The van der Waals surface area contributed by atoms with E-state index in [4.69, 9.17) is 4.74 Å². The van der Waals surface area contributed by atoms with E-state index in [0.717, 1.165) is 38.2 Å². The zero-order valence-electron chi connectivity index (χ0n) is 15.1. The second-order valence-electron chi connectivity index (χ2n) is 7.10. The number of likely N-dealkylation sites (N-methyl/N-ethyl adjacent to an activating group) is 1. The molecule has 25 heavy (non-hydrogen) atoms. The molecular weight excluding hydrogens is 318 g/mol. The minimum absolute atomic E-state index is 0.00503. The van der Waals surface area contributed by atoms with Crippen LogP contribution in [0.1, 0.15) is 12.8 Å². The van der Waals surface area contributed by atoms with Crippen LogP contribution < -0.4 is 4.74 Å². The number of carbonyl (C=O) groups is 2. The topological polar surface area (TPSA) is 53.1 Å². The predicted molar refractivity (Wildman–Crippen MR) is 95.3 cm³/mol. The first-order valence-corrected chi connectivity index (χ1v) is 8.95. The number of amides is 2. The van der Waals surface area contributed by atoms with Gasteiger partial charge < -0.3 is 14.5 Å². The molecule has 2 amide bonds. The van der Waals surface area contributed by atoms with E-state index in [1.54, 1.807) is 23.9 Å². The van der Waals surface area contributed by atoms with Crippen LogP contribution in [0, 0.1) is 5.92 Å². The molecule has 0 aromatic heterocycles. The summed E-state index contributed by atoms with van der Waals surface area (Å²) >= 11 is 0. The Bertz CT molecular complexity index is 605. The van der Waals surface area contributed by atoms with Crippen molar-refractivity contribution >= 4 is 11.8 Å². The third kappa shape index (κ3) is 4.31. The smallest absolute Gasteiger partial charge is 0.241 e. The van der Waals surface area contributed by atoms with Crippen molar-refractivity contribution in [3.05, 3.63) is 30.3 Å². The van der Waals surface area contributed by atoms with Crippen LogP contribution in [-0.2, 0) is 9.59 Å². The fourth-order valence-corrected chi connectivity index (χ4v) is 3.62. The molecule has 0 N–H and O–H groups in total. The number of fused-ring (bicyclic) bond motifs is 4. The lowest BCUT2D eigenvalue weighted by Crippen LogP contribution is -2.51. The molecule has 0 unspecified atom stereocenters. The molecule has 3 heterocycles. The lowest BCUT2D eigenvalue weighted by atomic mass is 9.94. The number of rotatable bonds is 6. The summed E-state index contributed by atoms with van der Waals surface area (Å²) in [6, 6.07) is 9.91. The van der Waals surface area contributed by atoms with E-state index in [1.165, 1.54) is 0 Å². The molecule has 3 aliphatic heterocycles. The van der Waals surface area contributed by atoms with E-state index in [2.05, 4.69) is 4.90 Å². The van der Waals surface area contributed by atoms with Gasteiger partial charge in [0.2, 0.25) is 11.8 Å². The molecule has 136 valence electrons. The van der Waals surface area contributed by atoms with E-state index in [9.17, 15) is 9.59 Å². The lowest BCUT2D eigenvalue weighted by Gasteiger charge is -2.36. The summed E-state index contributed by atoms with van der Waals surface area (Å²) in [5.74, 6) is 0.998.